The zero-order chi connectivity index (χ0) is 47.0. The largest absolute Gasteiger partial charge is 0.309 e. The molecule has 10 rings (SSSR count). The van der Waals surface area contributed by atoms with Gasteiger partial charge in [-0.25, -0.2) is 15.0 Å². The summed E-state index contributed by atoms with van der Waals surface area (Å²) in [6.07, 6.45) is 0. The first-order valence-corrected chi connectivity index (χ1v) is 17.5. The van der Waals surface area contributed by atoms with Crippen molar-refractivity contribution in [3.05, 3.63) is 206 Å². The van der Waals surface area contributed by atoms with Crippen LogP contribution < -0.4 is 0 Å². The van der Waals surface area contributed by atoms with Crippen LogP contribution >= 0.6 is 0 Å². The molecule has 0 bridgehead atoms. The van der Waals surface area contributed by atoms with Gasteiger partial charge in [-0.1, -0.05) is 182 Å². The molecule has 0 atom stereocenters. The molecule has 0 amide bonds. The molecule has 0 saturated carbocycles. The summed E-state index contributed by atoms with van der Waals surface area (Å²) >= 11 is 0. The first-order chi connectivity index (χ1) is 32.2. The van der Waals surface area contributed by atoms with Gasteiger partial charge in [-0.3, -0.25) is 0 Å². The van der Waals surface area contributed by atoms with E-state index in [1.165, 1.54) is 0 Å². The van der Waals surface area contributed by atoms with E-state index in [-0.39, 0.29) is 39.5 Å². The van der Waals surface area contributed by atoms with Crippen LogP contribution in [0.3, 0.4) is 0 Å². The Kier molecular flexibility index (Phi) is 5.52. The Morgan fingerprint density at radius 2 is 0.727 bits per heavy atom. The van der Waals surface area contributed by atoms with E-state index in [4.69, 9.17) is 28.7 Å². The minimum atomic E-state index is -0.689. The van der Waals surface area contributed by atoms with Gasteiger partial charge in [0.2, 0.25) is 0 Å². The quantitative estimate of drug-likeness (QED) is 0.165. The maximum Gasteiger partial charge on any atom is 0.164 e. The van der Waals surface area contributed by atoms with E-state index in [9.17, 15) is 2.74 Å². The molecule has 0 aliphatic rings. The van der Waals surface area contributed by atoms with Crippen molar-refractivity contribution in [2.75, 3.05) is 0 Å². The van der Waals surface area contributed by atoms with Crippen molar-refractivity contribution in [3.63, 3.8) is 0 Å². The van der Waals surface area contributed by atoms with Crippen LogP contribution in [-0.2, 0) is 0 Å². The van der Waals surface area contributed by atoms with E-state index in [1.807, 2.05) is 97.1 Å². The van der Waals surface area contributed by atoms with Gasteiger partial charge in [0.1, 0.15) is 0 Å². The molecule has 4 nitrogen and oxygen atoms in total. The molecule has 0 unspecified atom stereocenters. The molecule has 8 aromatic carbocycles. The standard InChI is InChI=1S/C51H34N4/c1-4-12-35(13-5-1)36-24-28-41(29-25-36)50-52-49(40-14-6-2-7-15-40)53-51(54-50)42-30-26-38(27-31-42)37-20-22-39(23-21-37)43-32-33-46-45-18-10-11-19-47(45)55(48(46)34-43)44-16-8-3-9-17-44/h1-34H/i3D,8D,9D,10D,11D,16D,17D,18D,19D,32D,33D,34D. The lowest BCUT2D eigenvalue weighted by molar-refractivity contribution is 1.07. The van der Waals surface area contributed by atoms with Crippen LogP contribution in [0.1, 0.15) is 16.4 Å². The first-order valence-electron chi connectivity index (χ1n) is 23.5. The number of nitrogens with zero attached hydrogens (tertiary/aromatic N) is 4. The van der Waals surface area contributed by atoms with E-state index in [1.54, 1.807) is 24.3 Å². The number of benzene rings is 8. The molecule has 0 spiro atoms. The Bertz CT molecular complexity index is 3590. The lowest BCUT2D eigenvalue weighted by atomic mass is 9.98. The molecule has 0 aliphatic carbocycles. The maximum absolute atomic E-state index is 9.57. The number of aromatic nitrogens is 4. The van der Waals surface area contributed by atoms with Crippen molar-refractivity contribution >= 4 is 21.8 Å². The van der Waals surface area contributed by atoms with E-state index in [0.29, 0.717) is 23.0 Å². The van der Waals surface area contributed by atoms with Crippen LogP contribution in [0.5, 0.6) is 0 Å². The molecule has 10 aromatic rings. The van der Waals surface area contributed by atoms with Crippen molar-refractivity contribution in [1.82, 2.24) is 19.5 Å². The minimum Gasteiger partial charge on any atom is -0.309 e. The molecule has 0 aliphatic heterocycles. The highest BCUT2D eigenvalue weighted by Crippen LogP contribution is 2.36. The number of hydrogen-bond acceptors (Lipinski definition) is 3. The summed E-state index contributed by atoms with van der Waals surface area (Å²) in [5.41, 5.74) is 5.66. The number of rotatable bonds is 7. The predicted octanol–water partition coefficient (Wildman–Crippen LogP) is 13.0. The topological polar surface area (TPSA) is 43.6 Å². The van der Waals surface area contributed by atoms with E-state index in [0.717, 1.165) is 43.5 Å². The van der Waals surface area contributed by atoms with Gasteiger partial charge >= 0.3 is 0 Å². The SMILES string of the molecule is [2H]c1c([2H])c([2H])c(-n2c3c([2H])c([2H])c([2H])c([2H])c3c3c([2H])c([2H])c(-c4ccc(-c5ccc(-c6nc(-c7ccccc7)nc(-c7ccc(-c8ccccc8)cc7)n6)cc5)cc4)c([2H])c32)c([2H])c1[2H]. The normalized spacial score (nSPS) is 14.3. The Morgan fingerprint density at radius 3 is 1.27 bits per heavy atom. The Morgan fingerprint density at radius 1 is 0.327 bits per heavy atom. The van der Waals surface area contributed by atoms with Gasteiger partial charge in [0.05, 0.1) is 27.5 Å². The summed E-state index contributed by atoms with van der Waals surface area (Å²) in [5.74, 6) is 1.54. The fourth-order valence-corrected chi connectivity index (χ4v) is 6.67. The van der Waals surface area contributed by atoms with Gasteiger partial charge in [-0.05, 0) is 57.6 Å². The van der Waals surface area contributed by atoms with Crippen LogP contribution in [0.4, 0.5) is 0 Å². The van der Waals surface area contributed by atoms with E-state index < -0.39 is 66.1 Å². The second-order valence-corrected chi connectivity index (χ2v) is 12.8. The number of hydrogen-bond donors (Lipinski definition) is 0. The molecular weight excluding hydrogens is 669 g/mol. The van der Waals surface area contributed by atoms with Gasteiger partial charge in [-0.15, -0.1) is 0 Å². The van der Waals surface area contributed by atoms with Gasteiger partial charge in [0.15, 0.2) is 17.5 Å². The van der Waals surface area contributed by atoms with Crippen molar-refractivity contribution in [2.24, 2.45) is 0 Å². The summed E-state index contributed by atoms with van der Waals surface area (Å²) in [7, 11) is 0. The second-order valence-electron chi connectivity index (χ2n) is 12.8. The highest BCUT2D eigenvalue weighted by atomic mass is 15.0. The first kappa shape index (κ1) is 21.9. The third kappa shape index (κ3) is 6.16. The van der Waals surface area contributed by atoms with Crippen LogP contribution in [-0.4, -0.2) is 19.5 Å². The number of fused-ring (bicyclic) bond motifs is 3. The maximum atomic E-state index is 9.57. The van der Waals surface area contributed by atoms with Gasteiger partial charge in [0.25, 0.3) is 0 Å². The molecule has 55 heavy (non-hydrogen) atoms. The van der Waals surface area contributed by atoms with Crippen molar-refractivity contribution in [2.45, 2.75) is 0 Å². The van der Waals surface area contributed by atoms with Crippen LogP contribution in [0, 0.1) is 0 Å². The monoisotopic (exact) mass is 714 g/mol. The van der Waals surface area contributed by atoms with E-state index >= 15 is 0 Å². The molecule has 4 heteroatoms. The summed E-state index contributed by atoms with van der Waals surface area (Å²) in [6.45, 7) is 0. The fourth-order valence-electron chi connectivity index (χ4n) is 6.67. The highest BCUT2D eigenvalue weighted by molar-refractivity contribution is 6.10. The molecule has 0 saturated heterocycles. The van der Waals surface area contributed by atoms with Crippen molar-refractivity contribution in [3.8, 4) is 73.2 Å². The zero-order valence-corrected chi connectivity index (χ0v) is 29.0. The van der Waals surface area contributed by atoms with Gasteiger partial charge < -0.3 is 4.57 Å². The van der Waals surface area contributed by atoms with Crippen molar-refractivity contribution < 1.29 is 16.4 Å². The van der Waals surface area contributed by atoms with Crippen LogP contribution in [0.2, 0.25) is 0 Å². The average molecular weight is 715 g/mol. The van der Waals surface area contributed by atoms with Crippen LogP contribution in [0.15, 0.2) is 206 Å². The van der Waals surface area contributed by atoms with E-state index in [2.05, 4.69) is 12.1 Å². The molecule has 0 N–H and O–H groups in total. The lowest BCUT2D eigenvalue weighted by Gasteiger charge is -2.10. The van der Waals surface area contributed by atoms with Gasteiger partial charge in [0, 0.05) is 33.2 Å². The number of para-hydroxylation sites is 2. The molecule has 258 valence electrons. The summed E-state index contributed by atoms with van der Waals surface area (Å²) in [5, 5.41) is -0.376. The molecular formula is C51H34N4. The molecule has 2 heterocycles. The molecule has 0 radical (unpaired) electrons. The fraction of sp³-hybridized carbons (Fsp3) is 0. The summed E-state index contributed by atoms with van der Waals surface area (Å²) < 4.78 is 106. The third-order valence-electron chi connectivity index (χ3n) is 9.44. The van der Waals surface area contributed by atoms with Gasteiger partial charge in [-0.2, -0.15) is 0 Å². The van der Waals surface area contributed by atoms with Crippen molar-refractivity contribution in [1.29, 1.82) is 0 Å². The minimum absolute atomic E-state index is 0.0133. The summed E-state index contributed by atoms with van der Waals surface area (Å²) in [6, 6.07) is 35.6. The molecule has 2 aromatic heterocycles. The summed E-state index contributed by atoms with van der Waals surface area (Å²) in [4.78, 5) is 14.7. The predicted molar refractivity (Wildman–Crippen MR) is 227 cm³/mol. The third-order valence-corrected chi connectivity index (χ3v) is 9.44. The Balaban J connectivity index is 1.05. The zero-order valence-electron chi connectivity index (χ0n) is 41.0. The Hall–Kier alpha value is -7.43. The highest BCUT2D eigenvalue weighted by Gasteiger charge is 2.15. The average Bonchev–Trinajstić information content (AvgIpc) is 3.72. The Labute approximate surface area is 336 Å². The molecule has 0 fully saturated rings. The second kappa shape index (κ2) is 13.8. The smallest absolute Gasteiger partial charge is 0.164 e. The van der Waals surface area contributed by atoms with Crippen LogP contribution in [0.25, 0.3) is 95.0 Å². The lowest BCUT2D eigenvalue weighted by Crippen LogP contribution is -2.00.